The predicted molar refractivity (Wildman–Crippen MR) is 78.8 cm³/mol. The summed E-state index contributed by atoms with van der Waals surface area (Å²) in [6.45, 7) is 5.62. The van der Waals surface area contributed by atoms with Crippen LogP contribution in [0.5, 0.6) is 5.75 Å². The first-order valence-corrected chi connectivity index (χ1v) is 8.58. The van der Waals surface area contributed by atoms with Crippen molar-refractivity contribution >= 4 is 19.7 Å². The van der Waals surface area contributed by atoms with Gasteiger partial charge < -0.3 is 4.74 Å². The van der Waals surface area contributed by atoms with Crippen molar-refractivity contribution in [3.8, 4) is 5.75 Å². The lowest BCUT2D eigenvalue weighted by Gasteiger charge is -2.24. The number of halogens is 1. The van der Waals surface area contributed by atoms with E-state index in [1.54, 1.807) is 12.1 Å². The molecule has 0 aliphatic rings. The molecule has 0 unspecified atom stereocenters. The van der Waals surface area contributed by atoms with Gasteiger partial charge in [0.05, 0.1) is 0 Å². The first kappa shape index (κ1) is 15.8. The van der Waals surface area contributed by atoms with Crippen LogP contribution >= 0.6 is 10.7 Å². The summed E-state index contributed by atoms with van der Waals surface area (Å²) < 4.78 is 30.2. The molecule has 0 N–H and O–H groups in total. The Kier molecular flexibility index (Phi) is 4.25. The van der Waals surface area contributed by atoms with Crippen LogP contribution in [0.4, 0.5) is 0 Å². The second kappa shape index (κ2) is 5.65. The molecule has 0 amide bonds. The first-order chi connectivity index (χ1) is 9.69. The molecule has 0 spiro atoms. The van der Waals surface area contributed by atoms with Crippen molar-refractivity contribution in [2.75, 3.05) is 0 Å². The molecule has 6 nitrogen and oxygen atoms in total. The smallest absolute Gasteiger partial charge is 0.296 e. The fraction of sp³-hybridized carbons (Fsp3) is 0.385. The van der Waals surface area contributed by atoms with Gasteiger partial charge in [-0.05, 0) is 32.9 Å². The third-order valence-electron chi connectivity index (χ3n) is 2.70. The Morgan fingerprint density at radius 3 is 2.33 bits per heavy atom. The SMILES string of the molecule is CC(C)(C)n1c(COc2ccccc2)nnc1S(=O)(=O)Cl. The molecule has 0 fully saturated rings. The van der Waals surface area contributed by atoms with Gasteiger partial charge in [-0.25, -0.2) is 8.42 Å². The molecule has 2 aromatic rings. The fourth-order valence-electron chi connectivity index (χ4n) is 1.89. The van der Waals surface area contributed by atoms with Gasteiger partial charge in [0.15, 0.2) is 5.82 Å². The number of ether oxygens (including phenoxy) is 1. The molecule has 0 aliphatic heterocycles. The molecule has 21 heavy (non-hydrogen) atoms. The highest BCUT2D eigenvalue weighted by atomic mass is 35.7. The normalized spacial score (nSPS) is 12.4. The van der Waals surface area contributed by atoms with Crippen LogP contribution in [0.2, 0.25) is 0 Å². The van der Waals surface area contributed by atoms with E-state index in [1.807, 2.05) is 39.0 Å². The van der Waals surface area contributed by atoms with Crippen molar-refractivity contribution in [1.29, 1.82) is 0 Å². The van der Waals surface area contributed by atoms with Crippen LogP contribution in [0.3, 0.4) is 0 Å². The number of aromatic nitrogens is 3. The molecule has 1 heterocycles. The summed E-state index contributed by atoms with van der Waals surface area (Å²) in [6.07, 6.45) is 0. The van der Waals surface area contributed by atoms with E-state index in [0.29, 0.717) is 11.6 Å². The maximum absolute atomic E-state index is 11.6. The minimum atomic E-state index is -3.97. The van der Waals surface area contributed by atoms with Gasteiger partial charge in [-0.2, -0.15) is 0 Å². The zero-order valence-corrected chi connectivity index (χ0v) is 13.5. The van der Waals surface area contributed by atoms with Crippen LogP contribution < -0.4 is 4.74 Å². The highest BCUT2D eigenvalue weighted by Crippen LogP contribution is 2.24. The highest BCUT2D eigenvalue weighted by Gasteiger charge is 2.29. The van der Waals surface area contributed by atoms with Gasteiger partial charge in [0.1, 0.15) is 12.4 Å². The summed E-state index contributed by atoms with van der Waals surface area (Å²) in [5.41, 5.74) is -0.545. The van der Waals surface area contributed by atoms with Crippen molar-refractivity contribution in [2.24, 2.45) is 0 Å². The van der Waals surface area contributed by atoms with E-state index in [9.17, 15) is 8.42 Å². The van der Waals surface area contributed by atoms with Crippen LogP contribution in [0, 0.1) is 0 Å². The molecule has 1 aromatic carbocycles. The summed E-state index contributed by atoms with van der Waals surface area (Å²) in [7, 11) is 1.44. The van der Waals surface area contributed by atoms with Crippen molar-refractivity contribution in [2.45, 2.75) is 38.1 Å². The maximum atomic E-state index is 11.6. The number of hydrogen-bond acceptors (Lipinski definition) is 5. The number of rotatable bonds is 4. The second-order valence-electron chi connectivity index (χ2n) is 5.44. The van der Waals surface area contributed by atoms with E-state index in [2.05, 4.69) is 10.2 Å². The maximum Gasteiger partial charge on any atom is 0.296 e. The molecule has 8 heteroatoms. The minimum Gasteiger partial charge on any atom is -0.486 e. The van der Waals surface area contributed by atoms with Crippen LogP contribution in [0.25, 0.3) is 0 Å². The third-order valence-corrected chi connectivity index (χ3v) is 3.81. The van der Waals surface area contributed by atoms with Crippen molar-refractivity contribution in [1.82, 2.24) is 14.8 Å². The van der Waals surface area contributed by atoms with Gasteiger partial charge >= 0.3 is 0 Å². The minimum absolute atomic E-state index is 0.0979. The number of para-hydroxylation sites is 1. The topological polar surface area (TPSA) is 74.1 Å². The van der Waals surface area contributed by atoms with Gasteiger partial charge in [0.2, 0.25) is 0 Å². The molecule has 2 rings (SSSR count). The number of nitrogens with zero attached hydrogens (tertiary/aromatic N) is 3. The summed E-state index contributed by atoms with van der Waals surface area (Å²) in [4.78, 5) is 0. The molecule has 0 saturated heterocycles. The lowest BCUT2D eigenvalue weighted by atomic mass is 10.1. The third kappa shape index (κ3) is 3.74. The van der Waals surface area contributed by atoms with E-state index in [1.165, 1.54) is 4.57 Å². The van der Waals surface area contributed by atoms with E-state index in [4.69, 9.17) is 15.4 Å². The zero-order valence-electron chi connectivity index (χ0n) is 11.9. The van der Waals surface area contributed by atoms with Gasteiger partial charge in [-0.15, -0.1) is 10.2 Å². The second-order valence-corrected chi connectivity index (χ2v) is 7.90. The monoisotopic (exact) mass is 329 g/mol. The van der Waals surface area contributed by atoms with Gasteiger partial charge in [0.25, 0.3) is 14.2 Å². The Bertz CT molecular complexity index is 721. The average Bonchev–Trinajstić information content (AvgIpc) is 2.81. The molecule has 0 radical (unpaired) electrons. The van der Waals surface area contributed by atoms with Gasteiger partial charge in [-0.3, -0.25) is 4.57 Å². The van der Waals surface area contributed by atoms with E-state index in [-0.39, 0.29) is 11.8 Å². The first-order valence-electron chi connectivity index (χ1n) is 6.27. The van der Waals surface area contributed by atoms with Gasteiger partial charge in [-0.1, -0.05) is 18.2 Å². The van der Waals surface area contributed by atoms with E-state index < -0.39 is 14.6 Å². The Labute approximate surface area is 128 Å². The summed E-state index contributed by atoms with van der Waals surface area (Å²) in [5, 5.41) is 7.29. The zero-order chi connectivity index (χ0) is 15.7. The lowest BCUT2D eigenvalue weighted by molar-refractivity contribution is 0.264. The molecule has 0 atom stereocenters. The lowest BCUT2D eigenvalue weighted by Crippen LogP contribution is -2.27. The van der Waals surface area contributed by atoms with Crippen LogP contribution in [-0.2, 0) is 21.2 Å². The van der Waals surface area contributed by atoms with Crippen LogP contribution in [-0.4, -0.2) is 23.2 Å². The molecule has 0 saturated carbocycles. The molecule has 114 valence electrons. The van der Waals surface area contributed by atoms with Crippen molar-refractivity contribution < 1.29 is 13.2 Å². The molecule has 0 bridgehead atoms. The largest absolute Gasteiger partial charge is 0.486 e. The molecule has 1 aromatic heterocycles. The Balaban J connectivity index is 2.34. The van der Waals surface area contributed by atoms with Crippen LogP contribution in [0.1, 0.15) is 26.6 Å². The summed E-state index contributed by atoms with van der Waals surface area (Å²) in [6, 6.07) is 9.17. The Hall–Kier alpha value is -1.60. The number of hydrogen-bond donors (Lipinski definition) is 0. The fourth-order valence-corrected chi connectivity index (χ4v) is 2.93. The summed E-state index contributed by atoms with van der Waals surface area (Å²) >= 11 is 0. The van der Waals surface area contributed by atoms with Crippen LogP contribution in [0.15, 0.2) is 35.5 Å². The Morgan fingerprint density at radius 2 is 1.81 bits per heavy atom. The molecule has 0 aliphatic carbocycles. The average molecular weight is 330 g/mol. The van der Waals surface area contributed by atoms with E-state index in [0.717, 1.165) is 0 Å². The molecular weight excluding hydrogens is 314 g/mol. The predicted octanol–water partition coefficient (Wildman–Crippen LogP) is 2.54. The number of benzene rings is 1. The Morgan fingerprint density at radius 1 is 1.19 bits per heavy atom. The molecular formula is C13H16ClN3O3S. The van der Waals surface area contributed by atoms with Crippen molar-refractivity contribution in [3.63, 3.8) is 0 Å². The van der Waals surface area contributed by atoms with Crippen molar-refractivity contribution in [3.05, 3.63) is 36.2 Å². The quantitative estimate of drug-likeness (QED) is 0.806. The summed E-state index contributed by atoms with van der Waals surface area (Å²) in [5.74, 6) is 1.06. The standard InChI is InChI=1S/C13H16ClN3O3S/c1-13(2,3)17-11(15-16-12(17)21(14,18)19)9-20-10-7-5-4-6-8-10/h4-8H,9H2,1-3H3. The highest BCUT2D eigenvalue weighted by molar-refractivity contribution is 8.13. The van der Waals surface area contributed by atoms with Gasteiger partial charge in [0, 0.05) is 16.2 Å². The van der Waals surface area contributed by atoms with E-state index >= 15 is 0 Å².